The van der Waals surface area contributed by atoms with E-state index in [0.29, 0.717) is 35.5 Å². The summed E-state index contributed by atoms with van der Waals surface area (Å²) in [6.45, 7) is 0. The molecule has 35 rings (SSSR count). The molecule has 0 amide bonds. The molecule has 12 nitrogen and oxygen atoms in total. The Balaban J connectivity index is 0.0000000910. The van der Waals surface area contributed by atoms with E-state index in [2.05, 4.69) is 383 Å². The number of hydrogen-bond acceptors (Lipinski definition) is 0. The minimum atomic E-state index is -0.381. The first kappa shape index (κ1) is 71.3. The number of hydrogen-bond donors (Lipinski definition) is 0. The first-order valence-corrected chi connectivity index (χ1v) is 45.7. The molecule has 3 fully saturated rings. The summed E-state index contributed by atoms with van der Waals surface area (Å²) in [5, 5.41) is 15.8. The van der Waals surface area contributed by atoms with Gasteiger partial charge in [-0.15, -0.1) is 29.8 Å². The van der Waals surface area contributed by atoms with Crippen LogP contribution in [-0.2, 0) is 17.0 Å². The van der Waals surface area contributed by atoms with E-state index in [4.69, 9.17) is 0 Å². The van der Waals surface area contributed by atoms with Crippen molar-refractivity contribution in [1.29, 1.82) is 0 Å². The van der Waals surface area contributed by atoms with Crippen LogP contribution < -0.4 is 27.4 Å². The third-order valence-corrected chi connectivity index (χ3v) is 33.2. The Bertz CT molecular complexity index is 9140. The maximum Gasteiger partial charge on any atom is 2.00 e. The van der Waals surface area contributed by atoms with Crippen LogP contribution in [0, 0.1) is 104 Å². The van der Waals surface area contributed by atoms with Crippen molar-refractivity contribution in [1.82, 2.24) is 27.4 Å². The van der Waals surface area contributed by atoms with Gasteiger partial charge in [-0.3, -0.25) is 4.57 Å². The summed E-state index contributed by atoms with van der Waals surface area (Å²) >= 11 is 0. The van der Waals surface area contributed by atoms with E-state index in [1.807, 2.05) is 12.1 Å². The van der Waals surface area contributed by atoms with Gasteiger partial charge in [0, 0.05) is 79.6 Å². The molecule has 0 saturated heterocycles. The molecule has 11 aromatic carbocycles. The summed E-state index contributed by atoms with van der Waals surface area (Å²) in [6.07, 6.45) is 18.3. The van der Waals surface area contributed by atoms with Crippen molar-refractivity contribution in [2.24, 2.45) is 17.8 Å². The molecule has 3 spiro atoms. The molecule has 9 atom stereocenters. The Morgan fingerprint density at radius 3 is 1.14 bits per heavy atom. The van der Waals surface area contributed by atoms with E-state index in [9.17, 15) is 0 Å². The molecule has 18 heterocycles. The minimum Gasteiger partial charge on any atom is -0.266 e. The number of rotatable bonds is 2. The second-order valence-electron chi connectivity index (χ2n) is 37.9. The van der Waals surface area contributed by atoms with Crippen LogP contribution in [0.15, 0.2) is 316 Å². The van der Waals surface area contributed by atoms with Gasteiger partial charge in [-0.1, -0.05) is 135 Å². The van der Waals surface area contributed by atoms with Crippen molar-refractivity contribution in [3.05, 3.63) is 373 Å². The third kappa shape index (κ3) is 7.81. The molecule has 0 bridgehead atoms. The Labute approximate surface area is 782 Å². The van der Waals surface area contributed by atoms with Gasteiger partial charge in [0.25, 0.3) is 28.6 Å². The summed E-state index contributed by atoms with van der Waals surface area (Å²) in [7, 11) is 0. The van der Waals surface area contributed by atoms with Crippen LogP contribution >= 0.6 is 0 Å². The van der Waals surface area contributed by atoms with Gasteiger partial charge in [0.05, 0.1) is 56.5 Å². The average Bonchev–Trinajstić information content (AvgIpc) is 1.47. The Kier molecular flexibility index (Phi) is 13.7. The van der Waals surface area contributed by atoms with Crippen molar-refractivity contribution >= 4 is 132 Å². The van der Waals surface area contributed by atoms with Gasteiger partial charge in [-0.2, -0.15) is 107 Å². The average molecular weight is 2090 g/mol. The number of aromatic nitrogens is 12. The van der Waals surface area contributed by atoms with E-state index in [-0.39, 0.29) is 79.2 Å². The number of nitrogens with zero attached hydrogens (tertiary/aromatic N) is 12. The fourth-order valence-corrected chi connectivity index (χ4v) is 29.4. The van der Waals surface area contributed by atoms with Crippen LogP contribution in [0.25, 0.3) is 188 Å². The number of para-hydroxylation sites is 6. The summed E-state index contributed by atoms with van der Waals surface area (Å²) < 4.78 is 31.6. The van der Waals surface area contributed by atoms with Crippen LogP contribution in [0.2, 0.25) is 0 Å². The van der Waals surface area contributed by atoms with E-state index in [1.54, 1.807) is 5.56 Å². The van der Waals surface area contributed by atoms with Crippen LogP contribution in [0.4, 0.5) is 0 Å². The van der Waals surface area contributed by atoms with Gasteiger partial charge >= 0.3 is 67.9 Å². The SMILES string of the molecule is [U+2].[U+2].[c-]1ccccc1-c1[c-]c2c3c(c1)-n1c4ccccc4c4ccc5[n+](c41)C3(C1CCCC21)[n+]1cccc2c3ccccc3n-5c21.[c-]1ccccc1-c1[c-]cc2c3c1C1CCCC1C31[n+]3cccc4c5ccccc5n(c43)-c3ccc4c5ccccc5n-2c4[n+]31.c1cc2c3c(c1)-n1c4ccccc4c4ccc5[n+](c41)C3(C1CCCC21)[n+]1cccc2c3ccccc3n-5c21. The summed E-state index contributed by atoms with van der Waals surface area (Å²) in [4.78, 5) is 0. The fourth-order valence-electron chi connectivity index (χ4n) is 29.4. The second-order valence-corrected chi connectivity index (χ2v) is 37.9. The van der Waals surface area contributed by atoms with Gasteiger partial charge in [0.1, 0.15) is 38.8 Å². The van der Waals surface area contributed by atoms with Crippen LogP contribution in [0.5, 0.6) is 0 Å². The molecule has 594 valence electrons. The molecule has 12 aliphatic rings. The van der Waals surface area contributed by atoms with E-state index >= 15 is 0 Å². The number of benzene rings is 11. The van der Waals surface area contributed by atoms with Crippen molar-refractivity contribution in [2.45, 2.75) is 92.5 Å². The molecule has 3 saturated carbocycles. The molecule has 0 radical (unpaired) electrons. The maximum atomic E-state index is 4.06. The number of fused-ring (bicyclic) bond motifs is 30. The van der Waals surface area contributed by atoms with Crippen molar-refractivity contribution < 1.29 is 89.6 Å². The van der Waals surface area contributed by atoms with Gasteiger partial charge in [-0.05, 0) is 176 Å². The van der Waals surface area contributed by atoms with E-state index in [0.717, 1.165) is 16.7 Å². The zero-order valence-electron chi connectivity index (χ0n) is 69.7. The molecule has 14 heteroatoms. The van der Waals surface area contributed by atoms with E-state index in [1.165, 1.54) is 257 Å². The molecule has 9 unspecified atom stereocenters. The minimum absolute atomic E-state index is 0. The monoisotopic (exact) mass is 2090 g/mol. The van der Waals surface area contributed by atoms with Crippen LogP contribution in [0.1, 0.15) is 109 Å². The van der Waals surface area contributed by atoms with Crippen molar-refractivity contribution in [3.8, 4) is 56.8 Å². The standard InChI is InChI=1S/2C40H26N4.C34H24N4.2U/c1-2-10-24(11-3-1)25-19-21-34-37-36(25)30-14-8-16-31(30)40(37)41-23-9-15-28-26-12-5-7-18-33(26)43(38(28)41)35-22-20-29-27-13-4-6-17-32(27)42(34)39(29)44(35)40;1-2-10-24(11-3-1)25-22-31-26-14-8-16-32(26)40-37(31)35(23-25)42-33-17-6-4-13-28(33)30-19-20-36(44(40)39(30)42)43-34-18-7-5-12-27(34)29-15-9-21-41(40)38(29)43;1-3-14-27-22(9-1)25-17-18-30-37-28-15-4-2-8-21(28)24-12-7-19-35(32(24)37)34-26-13-5-10-20(26)23-11-6-16-29(31(23)34)36(27)33(25)38(30)34;;/h1-7,9-10,12-13,15,17-18,20-23,30-31H,8,14,16H2;1-7,9-10,12-13,15,17-21,23,26,32H,8,14,16H2;1-4,6-9,11-12,14-20,26H,5,10,13H2;;/q;;3*+2. The molecule has 12 aromatic heterocycles. The van der Waals surface area contributed by atoms with Gasteiger partial charge in [0.2, 0.25) is 34.1 Å². The molecular weight excluding hydrogens is 2010 g/mol. The zero-order chi connectivity index (χ0) is 80.9. The van der Waals surface area contributed by atoms with Crippen LogP contribution in [-0.4, -0.2) is 27.4 Å². The summed E-state index contributed by atoms with van der Waals surface area (Å²) in [5.74, 6) is 6.69. The quantitative estimate of drug-likeness (QED) is 0.122. The molecule has 0 N–H and O–H groups in total. The smallest absolute Gasteiger partial charge is 0.266 e. The van der Waals surface area contributed by atoms with Crippen LogP contribution in [0.3, 0.4) is 0 Å². The van der Waals surface area contributed by atoms with Gasteiger partial charge in [0.15, 0.2) is 0 Å². The number of pyridine rings is 6. The molecule has 6 aliphatic carbocycles. The van der Waals surface area contributed by atoms with Gasteiger partial charge in [-0.25, -0.2) is 31.4 Å². The second kappa shape index (κ2) is 24.6. The summed E-state index contributed by atoms with van der Waals surface area (Å²) in [5.41, 5.74) is 31.9. The Hall–Kier alpha value is -12.8. The third-order valence-electron chi connectivity index (χ3n) is 33.2. The fraction of sp³-hybridized carbons (Fsp3) is 0.158. The molecule has 23 aromatic rings. The largest absolute Gasteiger partial charge is 2.00 e. The molecule has 128 heavy (non-hydrogen) atoms. The summed E-state index contributed by atoms with van der Waals surface area (Å²) in [6, 6.07) is 126. The van der Waals surface area contributed by atoms with Crippen molar-refractivity contribution in [2.75, 3.05) is 0 Å². The Morgan fingerprint density at radius 2 is 0.664 bits per heavy atom. The van der Waals surface area contributed by atoms with Crippen molar-refractivity contribution in [3.63, 3.8) is 0 Å². The zero-order valence-corrected chi connectivity index (χ0v) is 78.0. The molecule has 6 aliphatic heterocycles. The predicted octanol–water partition coefficient (Wildman–Crippen LogP) is 21.2. The predicted molar refractivity (Wildman–Crippen MR) is 490 cm³/mol. The molecular formula is C114H76N12U2+6. The first-order valence-electron chi connectivity index (χ1n) is 45.7. The Morgan fingerprint density at radius 1 is 0.281 bits per heavy atom. The van der Waals surface area contributed by atoms with Gasteiger partial charge < -0.3 is 0 Å². The van der Waals surface area contributed by atoms with E-state index < -0.39 is 0 Å². The topological polar surface area (TPSA) is 52.9 Å². The first-order chi connectivity index (χ1) is 62.6. The maximum absolute atomic E-state index is 4.06. The normalized spacial score (nSPS) is 22.1.